The molecule has 1 rings (SSSR count). The fourth-order valence-corrected chi connectivity index (χ4v) is 1.52. The number of ether oxygens (including phenoxy) is 1. The Kier molecular flexibility index (Phi) is 3.90. The smallest absolute Gasteiger partial charge is 0.407 e. The first kappa shape index (κ1) is 12.2. The molecule has 1 saturated heterocycles. The monoisotopic (exact) mass is 218 g/mol. The summed E-state index contributed by atoms with van der Waals surface area (Å²) >= 11 is 0. The minimum Gasteiger partial charge on any atom is -0.444 e. The number of amides is 1. The van der Waals surface area contributed by atoms with E-state index in [0.29, 0.717) is 13.1 Å². The summed E-state index contributed by atoms with van der Waals surface area (Å²) < 4.78 is 17.6. The maximum absolute atomic E-state index is 12.5. The molecule has 2 atom stereocenters. The van der Waals surface area contributed by atoms with Crippen molar-refractivity contribution in [3.63, 3.8) is 0 Å². The Balaban J connectivity index is 2.37. The van der Waals surface area contributed by atoms with Crippen LogP contribution in [0.15, 0.2) is 0 Å². The van der Waals surface area contributed by atoms with E-state index in [0.717, 1.165) is 0 Å². The minimum atomic E-state index is -0.513. The first-order valence-electron chi connectivity index (χ1n) is 5.18. The van der Waals surface area contributed by atoms with Gasteiger partial charge in [-0.05, 0) is 20.8 Å². The lowest BCUT2D eigenvalue weighted by atomic mass is 10.1. The third kappa shape index (κ3) is 4.03. The molecule has 0 aromatic heterocycles. The highest BCUT2D eigenvalue weighted by Gasteiger charge is 2.29. The average Bonchev–Trinajstić information content (AvgIpc) is 2.48. The maximum Gasteiger partial charge on any atom is 0.407 e. The summed E-state index contributed by atoms with van der Waals surface area (Å²) in [6, 6.07) is -0.162. The van der Waals surface area contributed by atoms with Crippen molar-refractivity contribution in [1.82, 2.24) is 10.6 Å². The van der Waals surface area contributed by atoms with Crippen LogP contribution in [-0.2, 0) is 4.74 Å². The minimum absolute atomic E-state index is 0.141. The molecule has 0 saturated carbocycles. The number of rotatable bonds is 2. The van der Waals surface area contributed by atoms with E-state index < -0.39 is 18.4 Å². The topological polar surface area (TPSA) is 50.4 Å². The number of alkyl carbamates (subject to hydrolysis) is 1. The van der Waals surface area contributed by atoms with Gasteiger partial charge >= 0.3 is 6.09 Å². The summed E-state index contributed by atoms with van der Waals surface area (Å²) in [5, 5.41) is 5.70. The van der Waals surface area contributed by atoms with Crippen LogP contribution in [0.25, 0.3) is 0 Å². The van der Waals surface area contributed by atoms with Crippen LogP contribution < -0.4 is 10.6 Å². The Morgan fingerprint density at radius 1 is 1.53 bits per heavy atom. The molecule has 0 bridgehead atoms. The van der Waals surface area contributed by atoms with E-state index in [-0.39, 0.29) is 12.0 Å². The van der Waals surface area contributed by atoms with Gasteiger partial charge in [0.15, 0.2) is 0 Å². The zero-order valence-electron chi connectivity index (χ0n) is 9.47. The van der Waals surface area contributed by atoms with Crippen LogP contribution in [0.1, 0.15) is 20.8 Å². The fraction of sp³-hybridized carbons (Fsp3) is 0.900. The van der Waals surface area contributed by atoms with Crippen molar-refractivity contribution in [1.29, 1.82) is 0 Å². The Bertz CT molecular complexity index is 228. The van der Waals surface area contributed by atoms with Gasteiger partial charge in [0.2, 0.25) is 0 Å². The van der Waals surface area contributed by atoms with Gasteiger partial charge in [-0.2, -0.15) is 0 Å². The van der Waals surface area contributed by atoms with Crippen molar-refractivity contribution in [2.24, 2.45) is 5.92 Å². The van der Waals surface area contributed by atoms with Gasteiger partial charge in [0, 0.05) is 19.0 Å². The first-order chi connectivity index (χ1) is 6.92. The van der Waals surface area contributed by atoms with Crippen molar-refractivity contribution >= 4 is 6.09 Å². The predicted octanol–water partition coefficient (Wildman–Crippen LogP) is 1.07. The van der Waals surface area contributed by atoms with Gasteiger partial charge in [-0.3, -0.25) is 4.39 Å². The van der Waals surface area contributed by atoms with Crippen molar-refractivity contribution in [2.75, 3.05) is 19.8 Å². The molecule has 2 N–H and O–H groups in total. The lowest BCUT2D eigenvalue weighted by molar-refractivity contribution is 0.0494. The lowest BCUT2D eigenvalue weighted by Crippen LogP contribution is -2.43. The third-order valence-electron chi connectivity index (χ3n) is 2.24. The molecule has 0 aliphatic carbocycles. The van der Waals surface area contributed by atoms with Gasteiger partial charge in [0.25, 0.3) is 0 Å². The SMILES string of the molecule is CC(C)(C)OC(=O)N[C@H]1CNC[C@H]1CF. The normalized spacial score (nSPS) is 26.4. The molecule has 15 heavy (non-hydrogen) atoms. The molecule has 1 amide bonds. The van der Waals surface area contributed by atoms with Crippen LogP contribution in [0, 0.1) is 5.92 Å². The number of hydrogen-bond acceptors (Lipinski definition) is 3. The molecule has 1 fully saturated rings. The molecule has 0 spiro atoms. The summed E-state index contributed by atoms with van der Waals surface area (Å²) in [4.78, 5) is 11.4. The summed E-state index contributed by atoms with van der Waals surface area (Å²) in [6.45, 7) is 6.18. The van der Waals surface area contributed by atoms with Crippen LogP contribution in [0.3, 0.4) is 0 Å². The molecule has 1 aliphatic rings. The van der Waals surface area contributed by atoms with Crippen LogP contribution in [-0.4, -0.2) is 37.5 Å². The molecule has 5 heteroatoms. The summed E-state index contributed by atoms with van der Waals surface area (Å²) in [7, 11) is 0. The zero-order valence-corrected chi connectivity index (χ0v) is 9.47. The lowest BCUT2D eigenvalue weighted by Gasteiger charge is -2.23. The van der Waals surface area contributed by atoms with E-state index in [1.807, 2.05) is 0 Å². The molecular formula is C10H19FN2O2. The molecule has 1 aliphatic heterocycles. The highest BCUT2D eigenvalue weighted by Crippen LogP contribution is 2.11. The van der Waals surface area contributed by atoms with E-state index in [2.05, 4.69) is 10.6 Å². The van der Waals surface area contributed by atoms with Gasteiger partial charge in [-0.25, -0.2) is 4.79 Å². The number of nitrogens with one attached hydrogen (secondary N) is 2. The van der Waals surface area contributed by atoms with Gasteiger partial charge in [-0.15, -0.1) is 0 Å². The molecule has 1 heterocycles. The van der Waals surface area contributed by atoms with E-state index in [4.69, 9.17) is 4.74 Å². The highest BCUT2D eigenvalue weighted by atomic mass is 19.1. The van der Waals surface area contributed by atoms with Crippen LogP contribution >= 0.6 is 0 Å². The Morgan fingerprint density at radius 2 is 2.20 bits per heavy atom. The summed E-state index contributed by atoms with van der Waals surface area (Å²) in [5.41, 5.74) is -0.513. The predicted molar refractivity (Wildman–Crippen MR) is 55.5 cm³/mol. The van der Waals surface area contributed by atoms with Crippen molar-refractivity contribution in [3.05, 3.63) is 0 Å². The molecule has 4 nitrogen and oxygen atoms in total. The van der Waals surface area contributed by atoms with Gasteiger partial charge in [0.05, 0.1) is 12.7 Å². The molecule has 0 unspecified atom stereocenters. The fourth-order valence-electron chi connectivity index (χ4n) is 1.52. The quantitative estimate of drug-likeness (QED) is 0.729. The summed E-state index contributed by atoms with van der Waals surface area (Å²) in [6.07, 6.45) is -0.477. The maximum atomic E-state index is 12.5. The molecular weight excluding hydrogens is 199 g/mol. The van der Waals surface area contributed by atoms with E-state index >= 15 is 0 Å². The number of alkyl halides is 1. The second kappa shape index (κ2) is 4.79. The Hall–Kier alpha value is -0.840. The Labute approximate surface area is 89.6 Å². The number of halogens is 1. The van der Waals surface area contributed by atoms with Gasteiger partial charge in [-0.1, -0.05) is 0 Å². The second-order valence-corrected chi connectivity index (χ2v) is 4.83. The van der Waals surface area contributed by atoms with E-state index in [1.165, 1.54) is 0 Å². The van der Waals surface area contributed by atoms with E-state index in [9.17, 15) is 9.18 Å². The first-order valence-corrected chi connectivity index (χ1v) is 5.18. The van der Waals surface area contributed by atoms with Crippen LogP contribution in [0.2, 0.25) is 0 Å². The third-order valence-corrected chi connectivity index (χ3v) is 2.24. The molecule has 88 valence electrons. The molecule has 0 aromatic carbocycles. The van der Waals surface area contributed by atoms with Crippen molar-refractivity contribution in [3.8, 4) is 0 Å². The highest BCUT2D eigenvalue weighted by molar-refractivity contribution is 5.68. The van der Waals surface area contributed by atoms with E-state index in [1.54, 1.807) is 20.8 Å². The number of carbonyl (C=O) groups is 1. The zero-order chi connectivity index (χ0) is 11.5. The van der Waals surface area contributed by atoms with Gasteiger partial charge < -0.3 is 15.4 Å². The largest absolute Gasteiger partial charge is 0.444 e. The number of hydrogen-bond donors (Lipinski definition) is 2. The molecule has 0 aromatic rings. The second-order valence-electron chi connectivity index (χ2n) is 4.83. The number of carbonyl (C=O) groups excluding carboxylic acids is 1. The Morgan fingerprint density at radius 3 is 2.73 bits per heavy atom. The van der Waals surface area contributed by atoms with Crippen LogP contribution in [0.5, 0.6) is 0 Å². The van der Waals surface area contributed by atoms with Crippen molar-refractivity contribution in [2.45, 2.75) is 32.4 Å². The average molecular weight is 218 g/mol. The van der Waals surface area contributed by atoms with Gasteiger partial charge in [0.1, 0.15) is 5.60 Å². The standard InChI is InChI=1S/C10H19FN2O2/c1-10(2,3)15-9(14)13-8-6-12-5-7(8)4-11/h7-8,12H,4-6H2,1-3H3,(H,13,14)/t7-,8+/m1/s1. The van der Waals surface area contributed by atoms with Crippen molar-refractivity contribution < 1.29 is 13.9 Å². The van der Waals surface area contributed by atoms with Crippen LogP contribution in [0.4, 0.5) is 9.18 Å². The summed E-state index contributed by atoms with van der Waals surface area (Å²) in [5.74, 6) is -0.141. The molecule has 0 radical (unpaired) electrons.